The molecule has 54 valence electrons. The van der Waals surface area contributed by atoms with Gasteiger partial charge in [0.2, 0.25) is 0 Å². The van der Waals surface area contributed by atoms with Crippen LogP contribution in [0.1, 0.15) is 5.56 Å². The Bertz CT molecular complexity index is 465. The summed E-state index contributed by atoms with van der Waals surface area (Å²) in [6, 6.07) is 7.56. The number of nitrogens with zero attached hydrogens (tertiary/aromatic N) is 1. The molecule has 0 aliphatic rings. The molecule has 12 heavy (non-hydrogen) atoms. The second kappa shape index (κ2) is 2.42. The van der Waals surface area contributed by atoms with Crippen LogP contribution < -0.4 is 5.46 Å². The lowest BCUT2D eigenvalue weighted by atomic mass is 9.94. The standard InChI is InChI=1S/C9H5BN2/c10-7-1-2-9-8(3-7)6(4-11)5-12-9/h1-3,5,12H. The fourth-order valence-corrected chi connectivity index (χ4v) is 1.23. The molecule has 0 aliphatic heterocycles. The van der Waals surface area contributed by atoms with Crippen molar-refractivity contribution < 1.29 is 0 Å². The molecule has 0 spiro atoms. The Balaban J connectivity index is 2.86. The summed E-state index contributed by atoms with van der Waals surface area (Å²) < 4.78 is 0. The summed E-state index contributed by atoms with van der Waals surface area (Å²) in [5.41, 5.74) is 2.26. The van der Waals surface area contributed by atoms with E-state index in [2.05, 4.69) is 11.1 Å². The van der Waals surface area contributed by atoms with Crippen molar-refractivity contribution >= 4 is 24.2 Å². The number of benzene rings is 1. The van der Waals surface area contributed by atoms with E-state index in [1.165, 1.54) is 0 Å². The van der Waals surface area contributed by atoms with Gasteiger partial charge in [-0.3, -0.25) is 0 Å². The van der Waals surface area contributed by atoms with E-state index in [1.54, 1.807) is 18.3 Å². The van der Waals surface area contributed by atoms with E-state index in [0.29, 0.717) is 11.0 Å². The van der Waals surface area contributed by atoms with Gasteiger partial charge < -0.3 is 4.98 Å². The Morgan fingerprint density at radius 1 is 1.42 bits per heavy atom. The van der Waals surface area contributed by atoms with Gasteiger partial charge in [-0.1, -0.05) is 17.6 Å². The molecule has 1 aromatic heterocycles. The highest BCUT2D eigenvalue weighted by Gasteiger charge is 2.00. The van der Waals surface area contributed by atoms with Crippen molar-refractivity contribution in [3.63, 3.8) is 0 Å². The molecule has 0 amide bonds. The summed E-state index contributed by atoms with van der Waals surface area (Å²) in [4.78, 5) is 2.99. The van der Waals surface area contributed by atoms with Crippen molar-refractivity contribution in [3.05, 3.63) is 30.0 Å². The number of rotatable bonds is 0. The monoisotopic (exact) mass is 152 g/mol. The topological polar surface area (TPSA) is 39.6 Å². The molecule has 3 heteroatoms. The highest BCUT2D eigenvalue weighted by molar-refractivity contribution is 6.33. The molecule has 2 nitrogen and oxygen atoms in total. The van der Waals surface area contributed by atoms with Gasteiger partial charge in [-0.05, 0) is 6.07 Å². The first-order chi connectivity index (χ1) is 5.81. The molecule has 1 heterocycles. The molecule has 2 rings (SSSR count). The van der Waals surface area contributed by atoms with Crippen LogP contribution >= 0.6 is 0 Å². The van der Waals surface area contributed by atoms with Gasteiger partial charge in [-0.2, -0.15) is 5.26 Å². The Morgan fingerprint density at radius 3 is 3.00 bits per heavy atom. The van der Waals surface area contributed by atoms with Crippen molar-refractivity contribution in [1.29, 1.82) is 5.26 Å². The smallest absolute Gasteiger partial charge is 0.113 e. The average Bonchev–Trinajstić information content (AvgIpc) is 2.46. The first-order valence-corrected chi connectivity index (χ1v) is 3.58. The molecule has 0 atom stereocenters. The molecule has 0 saturated carbocycles. The van der Waals surface area contributed by atoms with Gasteiger partial charge in [0.05, 0.1) is 5.56 Å². The average molecular weight is 152 g/mol. The lowest BCUT2D eigenvalue weighted by Gasteiger charge is -1.92. The predicted molar refractivity (Wildman–Crippen MR) is 48.4 cm³/mol. The van der Waals surface area contributed by atoms with Crippen molar-refractivity contribution in [2.75, 3.05) is 0 Å². The molecule has 0 fully saturated rings. The normalized spacial score (nSPS) is 9.92. The number of hydrogen-bond acceptors (Lipinski definition) is 1. The number of nitrogens with one attached hydrogen (secondary N) is 1. The van der Waals surface area contributed by atoms with Crippen LogP contribution in [0.2, 0.25) is 0 Å². The maximum Gasteiger partial charge on any atom is 0.113 e. The highest BCUT2D eigenvalue weighted by Crippen LogP contribution is 2.14. The Morgan fingerprint density at radius 2 is 2.25 bits per heavy atom. The minimum atomic E-state index is 0.636. The van der Waals surface area contributed by atoms with Crippen molar-refractivity contribution in [2.45, 2.75) is 0 Å². The van der Waals surface area contributed by atoms with Crippen LogP contribution in [-0.2, 0) is 0 Å². The van der Waals surface area contributed by atoms with Gasteiger partial charge in [0.1, 0.15) is 13.9 Å². The van der Waals surface area contributed by atoms with Gasteiger partial charge in [0, 0.05) is 17.1 Å². The van der Waals surface area contributed by atoms with Gasteiger partial charge in [0.25, 0.3) is 0 Å². The molecule has 2 radical (unpaired) electrons. The van der Waals surface area contributed by atoms with E-state index in [0.717, 1.165) is 10.9 Å². The third-order valence-electron chi connectivity index (χ3n) is 1.83. The van der Waals surface area contributed by atoms with Crippen LogP contribution in [0.25, 0.3) is 10.9 Å². The second-order valence-electron chi connectivity index (χ2n) is 2.62. The molecular weight excluding hydrogens is 147 g/mol. The van der Waals surface area contributed by atoms with E-state index in [1.807, 2.05) is 6.07 Å². The van der Waals surface area contributed by atoms with Crippen LogP contribution in [0.15, 0.2) is 24.4 Å². The number of aromatic nitrogens is 1. The SMILES string of the molecule is [B]c1ccc2[nH]cc(C#N)c2c1. The fourth-order valence-electron chi connectivity index (χ4n) is 1.23. The zero-order valence-corrected chi connectivity index (χ0v) is 6.33. The molecule has 0 bridgehead atoms. The third-order valence-corrected chi connectivity index (χ3v) is 1.83. The Hall–Kier alpha value is -1.69. The van der Waals surface area contributed by atoms with Gasteiger partial charge in [-0.15, -0.1) is 0 Å². The van der Waals surface area contributed by atoms with Gasteiger partial charge in [-0.25, -0.2) is 0 Å². The summed E-state index contributed by atoms with van der Waals surface area (Å²) in [6.07, 6.45) is 1.68. The van der Waals surface area contributed by atoms with Gasteiger partial charge in [0.15, 0.2) is 0 Å². The first kappa shape index (κ1) is 6.99. The Labute approximate surface area is 71.2 Å². The van der Waals surface area contributed by atoms with Crippen LogP contribution in [0, 0.1) is 11.3 Å². The van der Waals surface area contributed by atoms with Crippen molar-refractivity contribution in [2.24, 2.45) is 0 Å². The molecule has 2 aromatic rings. The molecule has 0 unspecified atom stereocenters. The lowest BCUT2D eigenvalue weighted by Crippen LogP contribution is -1.99. The number of fused-ring (bicyclic) bond motifs is 1. The summed E-state index contributed by atoms with van der Waals surface area (Å²) >= 11 is 0. The number of hydrogen-bond donors (Lipinski definition) is 1. The zero-order chi connectivity index (χ0) is 8.55. The molecule has 0 aliphatic carbocycles. The fraction of sp³-hybridized carbons (Fsp3) is 0. The Kier molecular flexibility index (Phi) is 1.41. The van der Waals surface area contributed by atoms with E-state index >= 15 is 0 Å². The third kappa shape index (κ3) is 0.893. The molecule has 1 N–H and O–H groups in total. The van der Waals surface area contributed by atoms with Gasteiger partial charge >= 0.3 is 0 Å². The van der Waals surface area contributed by atoms with E-state index in [4.69, 9.17) is 13.1 Å². The highest BCUT2D eigenvalue weighted by atomic mass is 14.7. The number of H-pyrrole nitrogens is 1. The minimum Gasteiger partial charge on any atom is -0.360 e. The maximum absolute atomic E-state index is 8.70. The summed E-state index contributed by atoms with van der Waals surface area (Å²) in [7, 11) is 5.58. The van der Waals surface area contributed by atoms with Crippen LogP contribution in [-0.4, -0.2) is 12.8 Å². The number of aromatic amines is 1. The van der Waals surface area contributed by atoms with E-state index < -0.39 is 0 Å². The predicted octanol–water partition coefficient (Wildman–Crippen LogP) is 0.833. The summed E-state index contributed by atoms with van der Waals surface area (Å²) in [5, 5.41) is 9.59. The largest absolute Gasteiger partial charge is 0.360 e. The van der Waals surface area contributed by atoms with Crippen LogP contribution in [0.5, 0.6) is 0 Å². The zero-order valence-electron chi connectivity index (χ0n) is 6.33. The first-order valence-electron chi connectivity index (χ1n) is 3.58. The van der Waals surface area contributed by atoms with Crippen LogP contribution in [0.4, 0.5) is 0 Å². The summed E-state index contributed by atoms with van der Waals surface area (Å²) in [6.45, 7) is 0. The molecule has 1 aromatic carbocycles. The minimum absolute atomic E-state index is 0.636. The maximum atomic E-state index is 8.70. The summed E-state index contributed by atoms with van der Waals surface area (Å²) in [5.74, 6) is 0. The molecule has 0 saturated heterocycles. The van der Waals surface area contributed by atoms with E-state index in [-0.39, 0.29) is 0 Å². The van der Waals surface area contributed by atoms with E-state index in [9.17, 15) is 0 Å². The second-order valence-corrected chi connectivity index (χ2v) is 2.62. The molecular formula is C9H5BN2. The van der Waals surface area contributed by atoms with Crippen LogP contribution in [0.3, 0.4) is 0 Å². The lowest BCUT2D eigenvalue weighted by molar-refractivity contribution is 1.45. The quantitative estimate of drug-likeness (QED) is 0.558. The van der Waals surface area contributed by atoms with Crippen molar-refractivity contribution in [3.8, 4) is 6.07 Å². The number of nitriles is 1. The van der Waals surface area contributed by atoms with Crippen molar-refractivity contribution in [1.82, 2.24) is 4.98 Å².